The van der Waals surface area contributed by atoms with Gasteiger partial charge in [-0.3, -0.25) is 10.2 Å². The SMILES string of the molecule is COc1ccc(C2CC(=Nc3ccc4ccccc4c3)NN2C(C)=O)cc1. The maximum absolute atomic E-state index is 12.1. The van der Waals surface area contributed by atoms with Crippen molar-refractivity contribution in [3.8, 4) is 5.75 Å². The summed E-state index contributed by atoms with van der Waals surface area (Å²) >= 11 is 0. The van der Waals surface area contributed by atoms with Crippen molar-refractivity contribution in [2.24, 2.45) is 4.99 Å². The lowest BCUT2D eigenvalue weighted by atomic mass is 10.0. The van der Waals surface area contributed by atoms with E-state index in [9.17, 15) is 4.79 Å². The topological polar surface area (TPSA) is 53.9 Å². The Morgan fingerprint density at radius 2 is 1.81 bits per heavy atom. The van der Waals surface area contributed by atoms with Crippen molar-refractivity contribution in [1.82, 2.24) is 10.4 Å². The molecule has 1 unspecified atom stereocenters. The fourth-order valence-corrected chi connectivity index (χ4v) is 3.40. The number of carbonyl (C=O) groups excluding carboxylic acids is 1. The second-order valence-electron chi connectivity index (χ2n) is 6.58. The highest BCUT2D eigenvalue weighted by atomic mass is 16.5. The number of carbonyl (C=O) groups is 1. The van der Waals surface area contributed by atoms with Gasteiger partial charge in [0.2, 0.25) is 5.91 Å². The number of benzene rings is 3. The molecule has 5 heteroatoms. The quantitative estimate of drug-likeness (QED) is 0.755. The van der Waals surface area contributed by atoms with Crippen LogP contribution in [0, 0.1) is 0 Å². The Morgan fingerprint density at radius 1 is 1.07 bits per heavy atom. The number of ether oxygens (including phenoxy) is 1. The minimum Gasteiger partial charge on any atom is -0.497 e. The number of amides is 1. The summed E-state index contributed by atoms with van der Waals surface area (Å²) in [6.45, 7) is 1.56. The van der Waals surface area contributed by atoms with Crippen molar-refractivity contribution < 1.29 is 9.53 Å². The zero-order chi connectivity index (χ0) is 18.8. The van der Waals surface area contributed by atoms with Gasteiger partial charge in [-0.25, -0.2) is 10.0 Å². The summed E-state index contributed by atoms with van der Waals surface area (Å²) in [7, 11) is 1.64. The van der Waals surface area contributed by atoms with Gasteiger partial charge in [0.15, 0.2) is 0 Å². The predicted octanol–water partition coefficient (Wildman–Crippen LogP) is 4.38. The summed E-state index contributed by atoms with van der Waals surface area (Å²) in [6, 6.07) is 22.0. The van der Waals surface area contributed by atoms with Crippen molar-refractivity contribution in [2.45, 2.75) is 19.4 Å². The van der Waals surface area contributed by atoms with E-state index in [4.69, 9.17) is 9.73 Å². The number of hydrogen-bond donors (Lipinski definition) is 1. The van der Waals surface area contributed by atoms with Crippen LogP contribution in [-0.4, -0.2) is 23.9 Å². The lowest BCUT2D eigenvalue weighted by Crippen LogP contribution is -2.38. The Kier molecular flexibility index (Phi) is 4.50. The number of nitrogens with one attached hydrogen (secondary N) is 1. The van der Waals surface area contributed by atoms with E-state index in [2.05, 4.69) is 29.7 Å². The maximum atomic E-state index is 12.1. The van der Waals surface area contributed by atoms with Crippen LogP contribution in [-0.2, 0) is 4.79 Å². The lowest BCUT2D eigenvalue weighted by Gasteiger charge is -2.22. The molecule has 1 amide bonds. The number of rotatable bonds is 3. The number of amidine groups is 1. The molecule has 0 radical (unpaired) electrons. The van der Waals surface area contributed by atoms with Gasteiger partial charge in [0.25, 0.3) is 0 Å². The zero-order valence-corrected chi connectivity index (χ0v) is 15.3. The minimum absolute atomic E-state index is 0.0421. The predicted molar refractivity (Wildman–Crippen MR) is 107 cm³/mol. The minimum atomic E-state index is -0.0902. The van der Waals surface area contributed by atoms with E-state index in [-0.39, 0.29) is 11.9 Å². The molecule has 1 N–H and O–H groups in total. The summed E-state index contributed by atoms with van der Waals surface area (Å²) in [5.74, 6) is 1.53. The van der Waals surface area contributed by atoms with E-state index in [0.29, 0.717) is 6.42 Å². The highest BCUT2D eigenvalue weighted by molar-refractivity contribution is 5.92. The Morgan fingerprint density at radius 3 is 2.52 bits per heavy atom. The molecule has 3 aromatic rings. The number of nitrogens with zero attached hydrogens (tertiary/aromatic N) is 2. The van der Waals surface area contributed by atoms with Gasteiger partial charge >= 0.3 is 0 Å². The second-order valence-corrected chi connectivity index (χ2v) is 6.58. The number of aliphatic imine (C=N–C) groups is 1. The van der Waals surface area contributed by atoms with Gasteiger partial charge in [-0.1, -0.05) is 42.5 Å². The molecular weight excluding hydrogens is 338 g/mol. The van der Waals surface area contributed by atoms with Gasteiger partial charge in [-0.15, -0.1) is 0 Å². The Hall–Kier alpha value is -3.34. The van der Waals surface area contributed by atoms with Crippen LogP contribution in [0.5, 0.6) is 5.75 Å². The molecule has 0 aromatic heterocycles. The maximum Gasteiger partial charge on any atom is 0.238 e. The third-order valence-electron chi connectivity index (χ3n) is 4.78. The smallest absolute Gasteiger partial charge is 0.238 e. The molecule has 1 aliphatic rings. The lowest BCUT2D eigenvalue weighted by molar-refractivity contribution is -0.132. The molecule has 0 aliphatic carbocycles. The molecule has 4 rings (SSSR count). The first-order chi connectivity index (χ1) is 13.1. The van der Waals surface area contributed by atoms with Crippen LogP contribution in [0.3, 0.4) is 0 Å². The van der Waals surface area contributed by atoms with E-state index in [1.807, 2.05) is 42.5 Å². The van der Waals surface area contributed by atoms with Gasteiger partial charge in [0, 0.05) is 13.3 Å². The van der Waals surface area contributed by atoms with E-state index < -0.39 is 0 Å². The average Bonchev–Trinajstić information content (AvgIpc) is 3.12. The molecule has 1 saturated heterocycles. The molecule has 1 aliphatic heterocycles. The van der Waals surface area contributed by atoms with Gasteiger partial charge < -0.3 is 4.74 Å². The summed E-state index contributed by atoms with van der Waals surface area (Å²) in [4.78, 5) is 16.8. The van der Waals surface area contributed by atoms with Crippen LogP contribution < -0.4 is 10.2 Å². The summed E-state index contributed by atoms with van der Waals surface area (Å²) in [5, 5.41) is 3.97. The molecule has 27 heavy (non-hydrogen) atoms. The fourth-order valence-electron chi connectivity index (χ4n) is 3.40. The van der Waals surface area contributed by atoms with Gasteiger partial charge in [0.1, 0.15) is 11.6 Å². The van der Waals surface area contributed by atoms with Crippen molar-refractivity contribution in [3.63, 3.8) is 0 Å². The van der Waals surface area contributed by atoms with E-state index in [0.717, 1.165) is 28.2 Å². The first-order valence-electron chi connectivity index (χ1n) is 8.91. The molecule has 5 nitrogen and oxygen atoms in total. The Bertz CT molecular complexity index is 1010. The normalized spacial score (nSPS) is 17.9. The van der Waals surface area contributed by atoms with Gasteiger partial charge in [-0.2, -0.15) is 0 Å². The van der Waals surface area contributed by atoms with Crippen LogP contribution in [0.4, 0.5) is 5.69 Å². The first kappa shape index (κ1) is 17.1. The molecule has 1 atom stereocenters. The molecular formula is C22H21N3O2. The molecule has 0 bridgehead atoms. The standard InChI is InChI=1S/C22H21N3O2/c1-15(26)25-21(17-8-11-20(27-2)12-9-17)14-22(24-25)23-19-10-7-16-5-3-4-6-18(16)13-19/h3-13,21H,14H2,1-2H3,(H,23,24). The van der Waals surface area contributed by atoms with Crippen LogP contribution in [0.2, 0.25) is 0 Å². The largest absolute Gasteiger partial charge is 0.497 e. The summed E-state index contributed by atoms with van der Waals surface area (Å²) in [5.41, 5.74) is 5.08. The summed E-state index contributed by atoms with van der Waals surface area (Å²) in [6.07, 6.45) is 0.638. The Labute approximate surface area is 158 Å². The highest BCUT2D eigenvalue weighted by Gasteiger charge is 2.32. The third-order valence-corrected chi connectivity index (χ3v) is 4.78. The number of hydrogen-bond acceptors (Lipinski definition) is 3. The van der Waals surface area contributed by atoms with Crippen LogP contribution in [0.15, 0.2) is 71.7 Å². The molecule has 1 heterocycles. The fraction of sp³-hybridized carbons (Fsp3) is 0.182. The average molecular weight is 359 g/mol. The highest BCUT2D eigenvalue weighted by Crippen LogP contribution is 2.31. The summed E-state index contributed by atoms with van der Waals surface area (Å²) < 4.78 is 5.22. The Balaban J connectivity index is 1.63. The first-order valence-corrected chi connectivity index (χ1v) is 8.91. The number of methoxy groups -OCH3 is 1. The van der Waals surface area contributed by atoms with Crippen LogP contribution >= 0.6 is 0 Å². The van der Waals surface area contributed by atoms with Crippen molar-refractivity contribution in [3.05, 3.63) is 72.3 Å². The van der Waals surface area contributed by atoms with E-state index in [1.165, 1.54) is 5.39 Å². The molecule has 3 aromatic carbocycles. The third kappa shape index (κ3) is 3.49. The van der Waals surface area contributed by atoms with E-state index >= 15 is 0 Å². The zero-order valence-electron chi connectivity index (χ0n) is 15.3. The van der Waals surface area contributed by atoms with Gasteiger partial charge in [0.05, 0.1) is 18.8 Å². The molecule has 1 fully saturated rings. The van der Waals surface area contributed by atoms with Crippen molar-refractivity contribution >= 4 is 28.2 Å². The molecule has 136 valence electrons. The number of fused-ring (bicyclic) bond motifs is 1. The second kappa shape index (κ2) is 7.11. The van der Waals surface area contributed by atoms with Crippen LogP contribution in [0.1, 0.15) is 24.9 Å². The van der Waals surface area contributed by atoms with Gasteiger partial charge in [-0.05, 0) is 40.6 Å². The molecule has 0 spiro atoms. The number of hydrazine groups is 1. The molecule has 0 saturated carbocycles. The van der Waals surface area contributed by atoms with Crippen molar-refractivity contribution in [2.75, 3.05) is 7.11 Å². The van der Waals surface area contributed by atoms with E-state index in [1.54, 1.807) is 19.0 Å². The van der Waals surface area contributed by atoms with Crippen molar-refractivity contribution in [1.29, 1.82) is 0 Å². The monoisotopic (exact) mass is 359 g/mol. The van der Waals surface area contributed by atoms with Crippen LogP contribution in [0.25, 0.3) is 10.8 Å².